The lowest BCUT2D eigenvalue weighted by Gasteiger charge is -2.04. The lowest BCUT2D eigenvalue weighted by atomic mass is 10.4. The number of nitrogens with one attached hydrogen (secondary N) is 1. The molecule has 0 aliphatic rings. The van der Waals surface area contributed by atoms with Crippen molar-refractivity contribution >= 4 is 11.8 Å². The van der Waals surface area contributed by atoms with Crippen LogP contribution in [0.4, 0.5) is 0 Å². The highest BCUT2D eigenvalue weighted by Gasteiger charge is 2.01. The smallest absolute Gasteiger partial charge is 0.104 e. The van der Waals surface area contributed by atoms with Crippen molar-refractivity contribution in [2.45, 2.75) is 6.04 Å². The number of aliphatic hydroxyl groups is 1. The third-order valence-electron chi connectivity index (χ3n) is 1.02. The van der Waals surface area contributed by atoms with Crippen LogP contribution in [0.15, 0.2) is 0 Å². The fraction of sp³-hybridized carbons (Fsp3) is 0.833. The van der Waals surface area contributed by atoms with E-state index in [2.05, 4.69) is 11.4 Å². The van der Waals surface area contributed by atoms with E-state index in [4.69, 9.17) is 10.4 Å². The molecule has 0 aromatic rings. The number of hydrogen-bond acceptors (Lipinski definition) is 4. The van der Waals surface area contributed by atoms with Crippen molar-refractivity contribution in [2.75, 3.05) is 25.2 Å². The van der Waals surface area contributed by atoms with Crippen LogP contribution in [0.2, 0.25) is 0 Å². The van der Waals surface area contributed by atoms with E-state index >= 15 is 0 Å². The molecular formula is C6H12N2OS. The van der Waals surface area contributed by atoms with Gasteiger partial charge in [-0.15, -0.1) is 0 Å². The highest BCUT2D eigenvalue weighted by atomic mass is 32.2. The van der Waals surface area contributed by atoms with Crippen molar-refractivity contribution in [1.82, 2.24) is 5.32 Å². The van der Waals surface area contributed by atoms with Crippen molar-refractivity contribution in [3.8, 4) is 6.07 Å². The maximum Gasteiger partial charge on any atom is 0.104 e. The predicted molar refractivity (Wildman–Crippen MR) is 42.9 cm³/mol. The van der Waals surface area contributed by atoms with Gasteiger partial charge in [-0.3, -0.25) is 0 Å². The number of nitrogens with zero attached hydrogens (tertiary/aromatic N) is 1. The van der Waals surface area contributed by atoms with E-state index in [0.29, 0.717) is 5.75 Å². The molecule has 0 spiro atoms. The van der Waals surface area contributed by atoms with Gasteiger partial charge in [0.05, 0.1) is 12.7 Å². The van der Waals surface area contributed by atoms with Crippen LogP contribution in [0, 0.1) is 11.3 Å². The van der Waals surface area contributed by atoms with Gasteiger partial charge in [0.2, 0.25) is 0 Å². The molecule has 0 rings (SSSR count). The molecule has 0 aromatic carbocycles. The number of hydrogen-bond donors (Lipinski definition) is 2. The van der Waals surface area contributed by atoms with E-state index in [9.17, 15) is 0 Å². The summed E-state index contributed by atoms with van der Waals surface area (Å²) in [4.78, 5) is 0. The van der Waals surface area contributed by atoms with Gasteiger partial charge in [-0.25, -0.2) is 0 Å². The van der Waals surface area contributed by atoms with Crippen LogP contribution in [0.5, 0.6) is 0 Å². The molecule has 0 amide bonds. The van der Waals surface area contributed by atoms with Gasteiger partial charge in [0, 0.05) is 11.5 Å². The molecule has 0 fully saturated rings. The minimum Gasteiger partial charge on any atom is -0.396 e. The van der Waals surface area contributed by atoms with Crippen LogP contribution in [-0.4, -0.2) is 36.3 Å². The van der Waals surface area contributed by atoms with E-state index in [1.165, 1.54) is 0 Å². The summed E-state index contributed by atoms with van der Waals surface area (Å²) >= 11 is 1.58. The highest BCUT2D eigenvalue weighted by molar-refractivity contribution is 7.99. The number of rotatable bonds is 5. The molecular weight excluding hydrogens is 148 g/mol. The summed E-state index contributed by atoms with van der Waals surface area (Å²) in [6.07, 6.45) is 0. The second kappa shape index (κ2) is 6.87. The molecule has 4 heteroatoms. The Bertz CT molecular complexity index is 113. The van der Waals surface area contributed by atoms with Crippen LogP contribution < -0.4 is 5.32 Å². The van der Waals surface area contributed by atoms with Gasteiger partial charge < -0.3 is 10.4 Å². The van der Waals surface area contributed by atoms with Crippen LogP contribution in [-0.2, 0) is 0 Å². The molecule has 1 unspecified atom stereocenters. The third-order valence-corrected chi connectivity index (χ3v) is 2.06. The van der Waals surface area contributed by atoms with Crippen molar-refractivity contribution < 1.29 is 5.11 Å². The summed E-state index contributed by atoms with van der Waals surface area (Å²) in [7, 11) is 1.76. The topological polar surface area (TPSA) is 56.0 Å². The van der Waals surface area contributed by atoms with Crippen molar-refractivity contribution in [2.24, 2.45) is 0 Å². The molecule has 0 aliphatic carbocycles. The Morgan fingerprint density at radius 1 is 1.80 bits per heavy atom. The minimum atomic E-state index is -0.0865. The second-order valence-electron chi connectivity index (χ2n) is 1.77. The SMILES string of the molecule is CNC(C#N)CSCCO. The van der Waals surface area contributed by atoms with E-state index in [0.717, 1.165) is 5.75 Å². The van der Waals surface area contributed by atoms with Crippen LogP contribution in [0.25, 0.3) is 0 Å². The van der Waals surface area contributed by atoms with Gasteiger partial charge in [-0.05, 0) is 7.05 Å². The highest BCUT2D eigenvalue weighted by Crippen LogP contribution is 2.00. The molecule has 0 heterocycles. The molecule has 3 nitrogen and oxygen atoms in total. The van der Waals surface area contributed by atoms with Crippen LogP contribution in [0.3, 0.4) is 0 Å². The van der Waals surface area contributed by atoms with Gasteiger partial charge in [0.15, 0.2) is 0 Å². The molecule has 0 saturated carbocycles. The third kappa shape index (κ3) is 4.62. The summed E-state index contributed by atoms with van der Waals surface area (Å²) in [6.45, 7) is 0.187. The number of thioether (sulfide) groups is 1. The lowest BCUT2D eigenvalue weighted by molar-refractivity contribution is 0.322. The lowest BCUT2D eigenvalue weighted by Crippen LogP contribution is -2.25. The number of aliphatic hydroxyl groups excluding tert-OH is 1. The zero-order chi connectivity index (χ0) is 7.82. The normalized spacial score (nSPS) is 12.5. The van der Waals surface area contributed by atoms with E-state index in [1.54, 1.807) is 18.8 Å². The first kappa shape index (κ1) is 9.76. The molecule has 0 bridgehead atoms. The van der Waals surface area contributed by atoms with Gasteiger partial charge in [-0.1, -0.05) is 0 Å². The first-order valence-electron chi connectivity index (χ1n) is 3.10. The zero-order valence-electron chi connectivity index (χ0n) is 6.00. The van der Waals surface area contributed by atoms with E-state index in [1.807, 2.05) is 0 Å². The van der Waals surface area contributed by atoms with Gasteiger partial charge in [-0.2, -0.15) is 17.0 Å². The first-order valence-corrected chi connectivity index (χ1v) is 4.26. The zero-order valence-corrected chi connectivity index (χ0v) is 6.82. The molecule has 10 heavy (non-hydrogen) atoms. The average molecular weight is 160 g/mol. The fourth-order valence-electron chi connectivity index (χ4n) is 0.451. The predicted octanol–water partition coefficient (Wildman–Crippen LogP) is -0.177. The van der Waals surface area contributed by atoms with Crippen LogP contribution >= 0.6 is 11.8 Å². The average Bonchev–Trinajstić information content (AvgIpc) is 1.99. The molecule has 0 aromatic heterocycles. The minimum absolute atomic E-state index is 0.0865. The molecule has 2 N–H and O–H groups in total. The Morgan fingerprint density at radius 3 is 2.90 bits per heavy atom. The Hall–Kier alpha value is -0.240. The quantitative estimate of drug-likeness (QED) is 0.548. The van der Waals surface area contributed by atoms with Gasteiger partial charge in [0.25, 0.3) is 0 Å². The Balaban J connectivity index is 3.20. The van der Waals surface area contributed by atoms with E-state index in [-0.39, 0.29) is 12.6 Å². The van der Waals surface area contributed by atoms with Gasteiger partial charge in [0.1, 0.15) is 6.04 Å². The maximum absolute atomic E-state index is 8.44. The van der Waals surface area contributed by atoms with Gasteiger partial charge >= 0.3 is 0 Å². The standard InChI is InChI=1S/C6H12N2OS/c1-8-6(4-7)5-10-3-2-9/h6,8-9H,2-3,5H2,1H3. The fourth-order valence-corrected chi connectivity index (χ4v) is 1.22. The second-order valence-corrected chi connectivity index (χ2v) is 2.92. The summed E-state index contributed by atoms with van der Waals surface area (Å²) < 4.78 is 0. The Morgan fingerprint density at radius 2 is 2.50 bits per heavy atom. The summed E-state index contributed by atoms with van der Waals surface area (Å²) in [5, 5.41) is 19.7. The van der Waals surface area contributed by atoms with Crippen molar-refractivity contribution in [3.63, 3.8) is 0 Å². The summed E-state index contributed by atoms with van der Waals surface area (Å²) in [6, 6.07) is 2.01. The van der Waals surface area contributed by atoms with E-state index < -0.39 is 0 Å². The molecule has 0 aliphatic heterocycles. The van der Waals surface area contributed by atoms with Crippen molar-refractivity contribution in [1.29, 1.82) is 5.26 Å². The number of nitriles is 1. The monoisotopic (exact) mass is 160 g/mol. The molecule has 1 atom stereocenters. The molecule has 0 saturated heterocycles. The summed E-state index contributed by atoms with van der Waals surface area (Å²) in [5.41, 5.74) is 0. The molecule has 58 valence electrons. The maximum atomic E-state index is 8.44. The van der Waals surface area contributed by atoms with Crippen molar-refractivity contribution in [3.05, 3.63) is 0 Å². The Labute approximate surface area is 65.4 Å². The largest absolute Gasteiger partial charge is 0.396 e. The van der Waals surface area contributed by atoms with Crippen LogP contribution in [0.1, 0.15) is 0 Å². The Kier molecular flexibility index (Phi) is 6.71. The summed E-state index contributed by atoms with van der Waals surface area (Å²) in [5.74, 6) is 1.45. The molecule has 0 radical (unpaired) electrons. The first-order chi connectivity index (χ1) is 4.85.